The van der Waals surface area contributed by atoms with E-state index in [4.69, 9.17) is 5.73 Å². The minimum absolute atomic E-state index is 0. The van der Waals surface area contributed by atoms with Crippen LogP contribution in [0, 0.1) is 0 Å². The number of halogens is 1. The maximum Gasteiger partial charge on any atom is 1.00 e. The van der Waals surface area contributed by atoms with E-state index < -0.39 is 36.1 Å². The number of carbonyl (C=O) groups excluding carboxylic acids is 3. The number of pyridine rings is 1. The van der Waals surface area contributed by atoms with Crippen molar-refractivity contribution in [3.05, 3.63) is 51.8 Å². The van der Waals surface area contributed by atoms with Gasteiger partial charge in [-0.05, 0) is 18.6 Å². The second-order valence-electron chi connectivity index (χ2n) is 7.09. The number of aromatic nitrogens is 2. The third-order valence-corrected chi connectivity index (χ3v) is 8.19. The molecule has 36 heavy (non-hydrogen) atoms. The first-order chi connectivity index (χ1) is 16.9. The number of aliphatic carboxylic acids is 1. The number of carbonyl (C=O) groups is 3. The van der Waals surface area contributed by atoms with Crippen LogP contribution >= 0.6 is 34.9 Å². The van der Waals surface area contributed by atoms with E-state index in [0.29, 0.717) is 22.8 Å². The molecule has 2 aromatic heterocycles. The fourth-order valence-corrected chi connectivity index (χ4v) is 6.57. The van der Waals surface area contributed by atoms with E-state index in [1.54, 1.807) is 6.20 Å². The van der Waals surface area contributed by atoms with Crippen molar-refractivity contribution in [3.63, 3.8) is 0 Å². The van der Waals surface area contributed by atoms with Gasteiger partial charge in [-0.1, -0.05) is 11.2 Å². The molecular formula is C20H18FN6NaO5S3. The second-order valence-corrected chi connectivity index (χ2v) is 10.3. The van der Waals surface area contributed by atoms with Crippen LogP contribution < -0.4 is 45.7 Å². The van der Waals surface area contributed by atoms with Crippen LogP contribution in [0.2, 0.25) is 0 Å². The number of nitrogens with one attached hydrogen (secondary N) is 1. The molecular weight excluding hydrogens is 542 g/mol. The average Bonchev–Trinajstić information content (AvgIpc) is 3.28. The number of β-lactam (4-membered cyclic amide) rings is 1. The molecule has 184 valence electrons. The number of amides is 2. The van der Waals surface area contributed by atoms with Gasteiger partial charge < -0.3 is 25.8 Å². The van der Waals surface area contributed by atoms with Crippen molar-refractivity contribution in [3.8, 4) is 0 Å². The van der Waals surface area contributed by atoms with E-state index >= 15 is 0 Å². The standard InChI is InChI=1S/C20H19FN6O5S3.Na/c21-9-32-26-13(11-7-35-20(22)24-11)16(28)25-14-17(29)27-15(19(30)31)12(8-34-18(14)27)33-6-4-10-3-1-2-5-23-10;/h1-3,5,7,14,18H,4,6,8-9H2,(H2,22,24)(H,25,28)(H,30,31);/q;+1/p-1/b26-13-;/t14-,18-;/m1./s1. The zero-order valence-electron chi connectivity index (χ0n) is 18.9. The molecule has 0 radical (unpaired) electrons. The average molecular weight is 561 g/mol. The maximum atomic E-state index is 12.9. The first-order valence-electron chi connectivity index (χ1n) is 10.1. The fourth-order valence-electron chi connectivity index (χ4n) is 3.42. The monoisotopic (exact) mass is 560 g/mol. The largest absolute Gasteiger partial charge is 1.00 e. The maximum absolute atomic E-state index is 12.9. The summed E-state index contributed by atoms with van der Waals surface area (Å²) in [5.41, 5.74) is 5.96. The second kappa shape index (κ2) is 12.9. The van der Waals surface area contributed by atoms with Crippen LogP contribution in [-0.2, 0) is 25.6 Å². The first kappa shape index (κ1) is 28.4. The predicted octanol–water partition coefficient (Wildman–Crippen LogP) is -2.89. The number of thioether (sulfide) groups is 2. The zero-order chi connectivity index (χ0) is 24.9. The molecule has 2 aliphatic rings. The Hall–Kier alpha value is -2.17. The molecule has 16 heteroatoms. The molecule has 0 saturated carbocycles. The van der Waals surface area contributed by atoms with E-state index in [1.165, 1.54) is 28.9 Å². The van der Waals surface area contributed by atoms with Gasteiger partial charge >= 0.3 is 29.6 Å². The van der Waals surface area contributed by atoms with Crippen LogP contribution in [0.3, 0.4) is 0 Å². The summed E-state index contributed by atoms with van der Waals surface area (Å²) in [6.07, 6.45) is 2.31. The molecule has 0 aromatic carbocycles. The first-order valence-corrected chi connectivity index (χ1v) is 13.0. The number of nitrogens with two attached hydrogens (primary N) is 1. The van der Waals surface area contributed by atoms with Gasteiger partial charge in [-0.15, -0.1) is 34.9 Å². The number of aryl methyl sites for hydroxylation is 1. The number of rotatable bonds is 10. The van der Waals surface area contributed by atoms with E-state index in [2.05, 4.69) is 25.3 Å². The summed E-state index contributed by atoms with van der Waals surface area (Å²) in [4.78, 5) is 51.7. The molecule has 2 aromatic rings. The molecule has 11 nitrogen and oxygen atoms in total. The van der Waals surface area contributed by atoms with Gasteiger partial charge in [-0.3, -0.25) is 19.5 Å². The normalized spacial score (nSPS) is 19.2. The Kier molecular flexibility index (Phi) is 10.2. The number of nitrogens with zero attached hydrogens (tertiary/aromatic N) is 4. The van der Waals surface area contributed by atoms with Gasteiger partial charge in [0, 0.05) is 33.7 Å². The number of alkyl halides is 1. The Morgan fingerprint density at radius 2 is 2.22 bits per heavy atom. The Balaban J connectivity index is 0.00000361. The van der Waals surface area contributed by atoms with Gasteiger partial charge in [0.25, 0.3) is 18.7 Å². The van der Waals surface area contributed by atoms with Gasteiger partial charge in [-0.25, -0.2) is 9.37 Å². The molecule has 4 heterocycles. The molecule has 0 bridgehead atoms. The zero-order valence-corrected chi connectivity index (χ0v) is 23.3. The number of fused-ring (bicyclic) bond motifs is 1. The van der Waals surface area contributed by atoms with Crippen LogP contribution in [0.1, 0.15) is 11.4 Å². The minimum atomic E-state index is -1.47. The van der Waals surface area contributed by atoms with Gasteiger partial charge in [-0.2, -0.15) is 0 Å². The topological polar surface area (TPSA) is 163 Å². The molecule has 1 fully saturated rings. The van der Waals surface area contributed by atoms with Crippen molar-refractivity contribution in [1.29, 1.82) is 0 Å². The summed E-state index contributed by atoms with van der Waals surface area (Å²) in [5, 5.41) is 18.8. The number of thiazole rings is 1. The van der Waals surface area contributed by atoms with Crippen molar-refractivity contribution >= 4 is 63.5 Å². The van der Waals surface area contributed by atoms with Crippen molar-refractivity contribution < 1.29 is 58.3 Å². The van der Waals surface area contributed by atoms with E-state index in [-0.39, 0.29) is 51.8 Å². The van der Waals surface area contributed by atoms with Crippen LogP contribution in [0.4, 0.5) is 9.52 Å². The summed E-state index contributed by atoms with van der Waals surface area (Å²) in [6.45, 7) is -1.27. The third kappa shape index (κ3) is 6.20. The van der Waals surface area contributed by atoms with Crippen molar-refractivity contribution in [2.24, 2.45) is 5.16 Å². The number of anilines is 1. The molecule has 0 aliphatic carbocycles. The molecule has 0 spiro atoms. The molecule has 3 N–H and O–H groups in total. The summed E-state index contributed by atoms with van der Waals surface area (Å²) in [5.74, 6) is -2.02. The number of carboxylic acids is 1. The third-order valence-electron chi connectivity index (χ3n) is 4.96. The Labute approximate surface area is 239 Å². The van der Waals surface area contributed by atoms with Gasteiger partial charge in [0.05, 0.1) is 11.7 Å². The van der Waals surface area contributed by atoms with E-state index in [1.807, 2.05) is 18.2 Å². The molecule has 2 aliphatic heterocycles. The smallest absolute Gasteiger partial charge is 0.543 e. The summed E-state index contributed by atoms with van der Waals surface area (Å²) >= 11 is 3.68. The van der Waals surface area contributed by atoms with Gasteiger partial charge in [0.2, 0.25) is 0 Å². The van der Waals surface area contributed by atoms with Crippen LogP contribution in [0.5, 0.6) is 0 Å². The number of hydrogen-bond donors (Lipinski definition) is 2. The summed E-state index contributed by atoms with van der Waals surface area (Å²) in [6, 6.07) is 4.54. The van der Waals surface area contributed by atoms with Crippen LogP contribution in [-0.4, -0.2) is 68.1 Å². The number of nitrogen functional groups attached to an aromatic ring is 1. The molecule has 2 atom stereocenters. The van der Waals surface area contributed by atoms with Crippen molar-refractivity contribution in [2.45, 2.75) is 17.8 Å². The number of oxime groups is 1. The quantitative estimate of drug-likeness (QED) is 0.133. The Morgan fingerprint density at radius 3 is 2.86 bits per heavy atom. The molecule has 4 rings (SSSR count). The van der Waals surface area contributed by atoms with Crippen molar-refractivity contribution in [2.75, 3.05) is 24.1 Å². The molecule has 2 amide bonds. The van der Waals surface area contributed by atoms with Crippen LogP contribution in [0.15, 0.2) is 45.5 Å². The predicted molar refractivity (Wildman–Crippen MR) is 128 cm³/mol. The van der Waals surface area contributed by atoms with E-state index in [9.17, 15) is 23.9 Å². The summed E-state index contributed by atoms with van der Waals surface area (Å²) in [7, 11) is 0. The Bertz CT molecular complexity index is 1200. The van der Waals surface area contributed by atoms with Gasteiger partial charge in [0.1, 0.15) is 17.1 Å². The SMILES string of the molecule is Nc1nc(/C(=N/OCF)C(=O)N[C@@H]2C(=O)N3C(C(=O)[O-])=C(SCCc4ccccn4)CS[C@H]23)cs1.[Na+]. The minimum Gasteiger partial charge on any atom is -0.543 e. The fraction of sp³-hybridized carbons (Fsp3) is 0.300. The molecule has 1 saturated heterocycles. The number of hydrogen-bond acceptors (Lipinski definition) is 12. The van der Waals surface area contributed by atoms with Gasteiger partial charge in [0.15, 0.2) is 10.8 Å². The summed E-state index contributed by atoms with van der Waals surface area (Å²) < 4.78 is 12.5. The van der Waals surface area contributed by atoms with E-state index in [0.717, 1.165) is 21.9 Å². The van der Waals surface area contributed by atoms with Crippen molar-refractivity contribution in [1.82, 2.24) is 20.2 Å². The van der Waals surface area contributed by atoms with Crippen LogP contribution in [0.25, 0.3) is 0 Å². The molecule has 0 unspecified atom stereocenters. The number of carboxylic acid groups (broad SMARTS) is 1. The Morgan fingerprint density at radius 1 is 1.42 bits per heavy atom.